The smallest absolute Gasteiger partial charge is 0.243 e. The van der Waals surface area contributed by atoms with Crippen LogP contribution in [0.3, 0.4) is 0 Å². The van der Waals surface area contributed by atoms with Crippen LogP contribution in [0.15, 0.2) is 17.0 Å². The van der Waals surface area contributed by atoms with Gasteiger partial charge in [-0.05, 0) is 30.5 Å². The molecule has 5 nitrogen and oxygen atoms in total. The summed E-state index contributed by atoms with van der Waals surface area (Å²) >= 11 is 0. The van der Waals surface area contributed by atoms with E-state index in [1.807, 2.05) is 0 Å². The first-order valence-electron chi connectivity index (χ1n) is 5.44. The molecule has 1 unspecified atom stereocenters. The highest BCUT2D eigenvalue weighted by Gasteiger charge is 2.20. The lowest BCUT2D eigenvalue weighted by molar-refractivity contribution is 0.238. The third-order valence-corrected chi connectivity index (χ3v) is 3.98. The number of hydrogen-bond donors (Lipinski definition) is 3. The molecule has 0 aliphatic carbocycles. The van der Waals surface area contributed by atoms with Crippen LogP contribution in [-0.2, 0) is 10.0 Å². The number of anilines is 1. The van der Waals surface area contributed by atoms with Crippen molar-refractivity contribution in [1.29, 1.82) is 0 Å². The van der Waals surface area contributed by atoms with E-state index in [1.54, 1.807) is 13.8 Å². The van der Waals surface area contributed by atoms with Crippen molar-refractivity contribution in [1.82, 2.24) is 4.72 Å². The van der Waals surface area contributed by atoms with Crippen molar-refractivity contribution in [3.63, 3.8) is 0 Å². The second-order valence-electron chi connectivity index (χ2n) is 4.28. The van der Waals surface area contributed by atoms with E-state index in [-0.39, 0.29) is 24.8 Å². The number of sulfonamides is 1. The van der Waals surface area contributed by atoms with Crippen LogP contribution in [0, 0.1) is 18.7 Å². The molecule has 0 radical (unpaired) electrons. The fraction of sp³-hybridized carbons (Fsp3) is 0.455. The van der Waals surface area contributed by atoms with E-state index in [1.165, 1.54) is 0 Å². The van der Waals surface area contributed by atoms with Gasteiger partial charge >= 0.3 is 0 Å². The zero-order chi connectivity index (χ0) is 13.9. The van der Waals surface area contributed by atoms with E-state index >= 15 is 0 Å². The van der Waals surface area contributed by atoms with Gasteiger partial charge in [0.2, 0.25) is 10.0 Å². The first-order valence-corrected chi connectivity index (χ1v) is 6.92. The average molecular weight is 276 g/mol. The lowest BCUT2D eigenvalue weighted by Gasteiger charge is -2.12. The molecule has 1 atom stereocenters. The van der Waals surface area contributed by atoms with Crippen LogP contribution in [-0.4, -0.2) is 26.7 Å². The van der Waals surface area contributed by atoms with Gasteiger partial charge in [-0.3, -0.25) is 0 Å². The Labute approximate surface area is 106 Å². The SMILES string of the molecule is Cc1cc(F)c(S(=O)(=O)NCC(C)CO)cc1N. The molecule has 0 fully saturated rings. The minimum atomic E-state index is -3.95. The summed E-state index contributed by atoms with van der Waals surface area (Å²) in [5.74, 6) is -1.09. The second kappa shape index (κ2) is 5.64. The molecule has 0 bridgehead atoms. The molecule has 1 aromatic carbocycles. The third-order valence-electron chi connectivity index (χ3n) is 2.54. The normalized spacial score (nSPS) is 13.6. The number of nitrogens with two attached hydrogens (primary N) is 1. The van der Waals surface area contributed by atoms with Crippen LogP contribution in [0.2, 0.25) is 0 Å². The molecule has 1 aromatic rings. The maximum atomic E-state index is 13.6. The Morgan fingerprint density at radius 3 is 2.67 bits per heavy atom. The molecule has 0 amide bonds. The Morgan fingerprint density at radius 1 is 1.50 bits per heavy atom. The minimum absolute atomic E-state index is 0.0338. The summed E-state index contributed by atoms with van der Waals surface area (Å²) < 4.78 is 39.5. The Hall–Kier alpha value is -1.18. The van der Waals surface area contributed by atoms with Crippen molar-refractivity contribution in [3.05, 3.63) is 23.5 Å². The summed E-state index contributed by atoms with van der Waals surface area (Å²) in [6.07, 6.45) is 0. The molecule has 4 N–H and O–H groups in total. The number of aliphatic hydroxyl groups excluding tert-OH is 1. The summed E-state index contributed by atoms with van der Waals surface area (Å²) in [5.41, 5.74) is 6.27. The van der Waals surface area contributed by atoms with E-state index in [0.717, 1.165) is 12.1 Å². The van der Waals surface area contributed by atoms with Gasteiger partial charge in [0.1, 0.15) is 10.7 Å². The Balaban J connectivity index is 3.02. The van der Waals surface area contributed by atoms with Gasteiger partial charge in [-0.15, -0.1) is 0 Å². The van der Waals surface area contributed by atoms with Crippen LogP contribution in [0.1, 0.15) is 12.5 Å². The first kappa shape index (κ1) is 14.9. The Morgan fingerprint density at radius 2 is 2.11 bits per heavy atom. The zero-order valence-electron chi connectivity index (χ0n) is 10.3. The summed E-state index contributed by atoms with van der Waals surface area (Å²) in [5, 5.41) is 8.81. The van der Waals surface area contributed by atoms with Crippen LogP contribution >= 0.6 is 0 Å². The first-order chi connectivity index (χ1) is 8.27. The molecular weight excluding hydrogens is 259 g/mol. The second-order valence-corrected chi connectivity index (χ2v) is 6.01. The fourth-order valence-corrected chi connectivity index (χ4v) is 2.53. The van der Waals surface area contributed by atoms with Crippen molar-refractivity contribution in [2.24, 2.45) is 5.92 Å². The molecule has 18 heavy (non-hydrogen) atoms. The van der Waals surface area contributed by atoms with Gasteiger partial charge in [-0.25, -0.2) is 17.5 Å². The molecule has 0 aliphatic rings. The maximum Gasteiger partial charge on any atom is 0.243 e. The topological polar surface area (TPSA) is 92.4 Å². The van der Waals surface area contributed by atoms with Gasteiger partial charge in [-0.1, -0.05) is 6.92 Å². The molecule has 1 rings (SSSR count). The molecule has 102 valence electrons. The molecule has 0 spiro atoms. The number of halogens is 1. The fourth-order valence-electron chi connectivity index (χ4n) is 1.27. The highest BCUT2D eigenvalue weighted by Crippen LogP contribution is 2.21. The van der Waals surface area contributed by atoms with Gasteiger partial charge < -0.3 is 10.8 Å². The molecule has 7 heteroatoms. The summed E-state index contributed by atoms with van der Waals surface area (Å²) in [6, 6.07) is 2.18. The molecule has 0 saturated heterocycles. The summed E-state index contributed by atoms with van der Waals surface area (Å²) in [6.45, 7) is 3.14. The molecular formula is C11H17FN2O3S. The number of aryl methyl sites for hydroxylation is 1. The molecule has 0 heterocycles. The average Bonchev–Trinajstić information content (AvgIpc) is 2.30. The standard InChI is InChI=1S/C11H17FN2O3S/c1-7(6-15)5-14-18(16,17)11-4-10(13)8(2)3-9(11)12/h3-4,7,14-15H,5-6,13H2,1-2H3. The number of nitrogen functional groups attached to an aromatic ring is 1. The third kappa shape index (κ3) is 3.41. The quantitative estimate of drug-likeness (QED) is 0.687. The van der Waals surface area contributed by atoms with Crippen LogP contribution in [0.5, 0.6) is 0 Å². The summed E-state index contributed by atoms with van der Waals surface area (Å²) in [4.78, 5) is -0.476. The van der Waals surface area contributed by atoms with Crippen LogP contribution in [0.4, 0.5) is 10.1 Å². The monoisotopic (exact) mass is 276 g/mol. The van der Waals surface area contributed by atoms with Gasteiger partial charge in [0.15, 0.2) is 0 Å². The van der Waals surface area contributed by atoms with Gasteiger partial charge in [0.05, 0.1) is 0 Å². The number of aliphatic hydroxyl groups is 1. The predicted molar refractivity (Wildman–Crippen MR) is 67.0 cm³/mol. The van der Waals surface area contributed by atoms with Crippen molar-refractivity contribution in [2.75, 3.05) is 18.9 Å². The number of hydrogen-bond acceptors (Lipinski definition) is 4. The molecule has 0 aliphatic heterocycles. The van der Waals surface area contributed by atoms with Crippen LogP contribution in [0.25, 0.3) is 0 Å². The van der Waals surface area contributed by atoms with Crippen molar-refractivity contribution >= 4 is 15.7 Å². The number of rotatable bonds is 5. The molecule has 0 saturated carbocycles. The van der Waals surface area contributed by atoms with Crippen molar-refractivity contribution in [2.45, 2.75) is 18.7 Å². The zero-order valence-corrected chi connectivity index (χ0v) is 11.1. The van der Waals surface area contributed by atoms with E-state index in [9.17, 15) is 12.8 Å². The lowest BCUT2D eigenvalue weighted by atomic mass is 10.2. The Kier molecular flexibility index (Phi) is 4.66. The number of benzene rings is 1. The van der Waals surface area contributed by atoms with Gasteiger partial charge in [0, 0.05) is 18.8 Å². The predicted octanol–water partition coefficient (Wildman–Crippen LogP) is 0.623. The highest BCUT2D eigenvalue weighted by atomic mass is 32.2. The lowest BCUT2D eigenvalue weighted by Crippen LogP contribution is -2.30. The van der Waals surface area contributed by atoms with E-state index in [4.69, 9.17) is 10.8 Å². The largest absolute Gasteiger partial charge is 0.398 e. The van der Waals surface area contributed by atoms with E-state index < -0.39 is 20.7 Å². The molecule has 0 aromatic heterocycles. The highest BCUT2D eigenvalue weighted by molar-refractivity contribution is 7.89. The number of nitrogens with one attached hydrogen (secondary N) is 1. The van der Waals surface area contributed by atoms with E-state index in [2.05, 4.69) is 4.72 Å². The van der Waals surface area contributed by atoms with E-state index in [0.29, 0.717) is 5.56 Å². The summed E-state index contributed by atoms with van der Waals surface area (Å²) in [7, 11) is -3.95. The van der Waals surface area contributed by atoms with Gasteiger partial charge in [-0.2, -0.15) is 0 Å². The maximum absolute atomic E-state index is 13.6. The van der Waals surface area contributed by atoms with Crippen LogP contribution < -0.4 is 10.5 Å². The van der Waals surface area contributed by atoms with Gasteiger partial charge in [0.25, 0.3) is 0 Å². The van der Waals surface area contributed by atoms with Crippen molar-refractivity contribution < 1.29 is 17.9 Å². The Bertz CT molecular complexity index is 531. The van der Waals surface area contributed by atoms with Crippen molar-refractivity contribution in [3.8, 4) is 0 Å². The minimum Gasteiger partial charge on any atom is -0.398 e.